The molecule has 0 aliphatic rings. The molecule has 0 bridgehead atoms. The summed E-state index contributed by atoms with van der Waals surface area (Å²) in [5, 5.41) is 3.47. The summed E-state index contributed by atoms with van der Waals surface area (Å²) >= 11 is 5.26. The van der Waals surface area contributed by atoms with Crippen LogP contribution in [0.25, 0.3) is 0 Å². The number of benzene rings is 1. The van der Waals surface area contributed by atoms with Crippen LogP contribution in [0, 0.1) is 0 Å². The van der Waals surface area contributed by atoms with Gasteiger partial charge < -0.3 is 10.1 Å². The molecule has 0 fully saturated rings. The van der Waals surface area contributed by atoms with Crippen LogP contribution in [-0.2, 0) is 9.53 Å². The third-order valence-electron chi connectivity index (χ3n) is 2.95. The van der Waals surface area contributed by atoms with Gasteiger partial charge in [0.05, 0.1) is 13.5 Å². The number of halogens is 1. The topological polar surface area (TPSA) is 38.3 Å². The summed E-state index contributed by atoms with van der Waals surface area (Å²) in [4.78, 5) is 12.2. The molecule has 1 atom stereocenters. The van der Waals surface area contributed by atoms with Crippen molar-refractivity contribution >= 4 is 33.7 Å². The van der Waals surface area contributed by atoms with E-state index in [0.717, 1.165) is 28.1 Å². The number of esters is 1. The zero-order chi connectivity index (χ0) is 15.0. The van der Waals surface area contributed by atoms with Gasteiger partial charge in [-0.2, -0.15) is 0 Å². The molecule has 5 heteroatoms. The Morgan fingerprint density at radius 3 is 2.85 bits per heavy atom. The highest BCUT2D eigenvalue weighted by Gasteiger charge is 2.08. The first-order valence-electron chi connectivity index (χ1n) is 6.81. The van der Waals surface area contributed by atoms with Gasteiger partial charge in [-0.25, -0.2) is 0 Å². The Bertz CT molecular complexity index is 440. The molecule has 0 aliphatic carbocycles. The lowest BCUT2D eigenvalue weighted by Crippen LogP contribution is -2.19. The summed E-state index contributed by atoms with van der Waals surface area (Å²) in [6, 6.07) is 6.73. The van der Waals surface area contributed by atoms with Crippen molar-refractivity contribution in [3.05, 3.63) is 28.2 Å². The minimum absolute atomic E-state index is 0.164. The van der Waals surface area contributed by atoms with Crippen molar-refractivity contribution in [3.8, 4) is 0 Å². The fourth-order valence-corrected chi connectivity index (χ4v) is 3.32. The van der Waals surface area contributed by atoms with Crippen LogP contribution in [0.2, 0.25) is 0 Å². The minimum atomic E-state index is -0.164. The number of thioether (sulfide) groups is 1. The van der Waals surface area contributed by atoms with Crippen LogP contribution in [0.4, 0.5) is 0 Å². The first-order chi connectivity index (χ1) is 9.58. The van der Waals surface area contributed by atoms with Crippen molar-refractivity contribution in [1.82, 2.24) is 5.32 Å². The van der Waals surface area contributed by atoms with Gasteiger partial charge in [0, 0.05) is 21.2 Å². The monoisotopic (exact) mass is 359 g/mol. The van der Waals surface area contributed by atoms with Gasteiger partial charge in [0.25, 0.3) is 0 Å². The molecule has 0 amide bonds. The lowest BCUT2D eigenvalue weighted by atomic mass is 10.1. The van der Waals surface area contributed by atoms with Crippen LogP contribution >= 0.6 is 27.7 Å². The lowest BCUT2D eigenvalue weighted by Gasteiger charge is -2.15. The maximum atomic E-state index is 11.1. The Labute approximate surface area is 134 Å². The average molecular weight is 360 g/mol. The number of nitrogens with one attached hydrogen (secondary N) is 1. The summed E-state index contributed by atoms with van der Waals surface area (Å²) in [7, 11) is 1.42. The van der Waals surface area contributed by atoms with Crippen LogP contribution in [0.1, 0.15) is 38.3 Å². The molecule has 0 aliphatic heterocycles. The number of hydrogen-bond acceptors (Lipinski definition) is 4. The second kappa shape index (κ2) is 9.42. The fourth-order valence-electron chi connectivity index (χ4n) is 1.73. The van der Waals surface area contributed by atoms with Crippen LogP contribution in [0.5, 0.6) is 0 Å². The summed E-state index contributed by atoms with van der Waals surface area (Å²) in [5.74, 6) is 0.566. The summed E-state index contributed by atoms with van der Waals surface area (Å²) < 4.78 is 5.71. The number of ether oxygens (including phenoxy) is 1. The van der Waals surface area contributed by atoms with Crippen molar-refractivity contribution in [2.24, 2.45) is 0 Å². The van der Waals surface area contributed by atoms with Crippen LogP contribution in [0.15, 0.2) is 27.6 Å². The van der Waals surface area contributed by atoms with E-state index in [0.29, 0.717) is 12.5 Å². The standard InChI is InChI=1S/C15H22BrNO2S/c1-4-8-17-11(2)12-5-6-14(13(16)10-12)20-9-7-15(18)19-3/h5-6,10-11,17H,4,7-9H2,1-3H3. The van der Waals surface area contributed by atoms with Gasteiger partial charge in [0.1, 0.15) is 0 Å². The Hall–Kier alpha value is -0.520. The van der Waals surface area contributed by atoms with E-state index in [-0.39, 0.29) is 5.97 Å². The van der Waals surface area contributed by atoms with Crippen molar-refractivity contribution in [3.63, 3.8) is 0 Å². The van der Waals surface area contributed by atoms with E-state index in [2.05, 4.69) is 58.0 Å². The summed E-state index contributed by atoms with van der Waals surface area (Å²) in [6.45, 7) is 5.35. The average Bonchev–Trinajstić information content (AvgIpc) is 2.46. The third-order valence-corrected chi connectivity index (χ3v) is 4.94. The van der Waals surface area contributed by atoms with E-state index in [4.69, 9.17) is 0 Å². The predicted octanol–water partition coefficient (Wildman–Crippen LogP) is 4.16. The molecule has 0 heterocycles. The zero-order valence-corrected chi connectivity index (χ0v) is 14.6. The number of rotatable bonds is 8. The van der Waals surface area contributed by atoms with Gasteiger partial charge in [-0.05, 0) is 53.5 Å². The highest BCUT2D eigenvalue weighted by molar-refractivity contribution is 9.10. The predicted molar refractivity (Wildman–Crippen MR) is 88.2 cm³/mol. The summed E-state index contributed by atoms with van der Waals surface area (Å²) in [6.07, 6.45) is 1.57. The Morgan fingerprint density at radius 2 is 2.25 bits per heavy atom. The fraction of sp³-hybridized carbons (Fsp3) is 0.533. The zero-order valence-electron chi connectivity index (χ0n) is 12.2. The minimum Gasteiger partial charge on any atom is -0.469 e. The first kappa shape index (κ1) is 17.5. The first-order valence-corrected chi connectivity index (χ1v) is 8.58. The molecule has 20 heavy (non-hydrogen) atoms. The van der Waals surface area contributed by atoms with Gasteiger partial charge in [0.15, 0.2) is 0 Å². The van der Waals surface area contributed by atoms with Crippen LogP contribution in [-0.4, -0.2) is 25.4 Å². The second-order valence-corrected chi connectivity index (χ2v) is 6.53. The number of methoxy groups -OCH3 is 1. The molecule has 1 rings (SSSR count). The molecule has 0 saturated carbocycles. The maximum absolute atomic E-state index is 11.1. The molecule has 0 saturated heterocycles. The largest absolute Gasteiger partial charge is 0.469 e. The second-order valence-electron chi connectivity index (χ2n) is 4.54. The molecule has 1 unspecified atom stereocenters. The Balaban J connectivity index is 2.56. The van der Waals surface area contributed by atoms with Crippen LogP contribution < -0.4 is 5.32 Å². The van der Waals surface area contributed by atoms with Crippen molar-refractivity contribution in [1.29, 1.82) is 0 Å². The van der Waals surface area contributed by atoms with Gasteiger partial charge in [-0.1, -0.05) is 13.0 Å². The van der Waals surface area contributed by atoms with Gasteiger partial charge >= 0.3 is 5.97 Å². The van der Waals surface area contributed by atoms with E-state index in [1.54, 1.807) is 11.8 Å². The number of carbonyl (C=O) groups excluding carboxylic acids is 1. The molecule has 1 aromatic rings. The van der Waals surface area contributed by atoms with Gasteiger partial charge in [-0.15, -0.1) is 11.8 Å². The molecular weight excluding hydrogens is 338 g/mol. The molecule has 112 valence electrons. The molecule has 1 N–H and O–H groups in total. The third kappa shape index (κ3) is 5.85. The lowest BCUT2D eigenvalue weighted by molar-refractivity contribution is -0.140. The van der Waals surface area contributed by atoms with Gasteiger partial charge in [-0.3, -0.25) is 4.79 Å². The van der Waals surface area contributed by atoms with E-state index in [9.17, 15) is 4.79 Å². The Morgan fingerprint density at radius 1 is 1.50 bits per heavy atom. The molecule has 1 aromatic carbocycles. The molecule has 3 nitrogen and oxygen atoms in total. The SMILES string of the molecule is CCCNC(C)c1ccc(SCCC(=O)OC)c(Br)c1. The Kier molecular flexibility index (Phi) is 8.26. The maximum Gasteiger partial charge on any atom is 0.306 e. The smallest absolute Gasteiger partial charge is 0.306 e. The molecule has 0 spiro atoms. The van der Waals surface area contributed by atoms with Crippen molar-refractivity contribution < 1.29 is 9.53 Å². The summed E-state index contributed by atoms with van der Waals surface area (Å²) in [5.41, 5.74) is 1.27. The van der Waals surface area contributed by atoms with E-state index >= 15 is 0 Å². The van der Waals surface area contributed by atoms with Crippen molar-refractivity contribution in [2.75, 3.05) is 19.4 Å². The molecule has 0 aromatic heterocycles. The van der Waals surface area contributed by atoms with E-state index < -0.39 is 0 Å². The normalized spacial score (nSPS) is 12.2. The quantitative estimate of drug-likeness (QED) is 0.558. The highest BCUT2D eigenvalue weighted by atomic mass is 79.9. The van der Waals surface area contributed by atoms with Crippen LogP contribution in [0.3, 0.4) is 0 Å². The van der Waals surface area contributed by atoms with Crippen molar-refractivity contribution in [2.45, 2.75) is 37.6 Å². The van der Waals surface area contributed by atoms with Gasteiger partial charge in [0.2, 0.25) is 0 Å². The molecular formula is C15H22BrNO2S. The molecule has 0 radical (unpaired) electrons. The van der Waals surface area contributed by atoms with E-state index in [1.165, 1.54) is 12.7 Å². The number of hydrogen-bond donors (Lipinski definition) is 1. The highest BCUT2D eigenvalue weighted by Crippen LogP contribution is 2.30. The van der Waals surface area contributed by atoms with E-state index in [1.807, 2.05) is 0 Å². The number of carbonyl (C=O) groups is 1.